The highest BCUT2D eigenvalue weighted by atomic mass is 79.9. The third-order valence-electron chi connectivity index (χ3n) is 2.54. The third kappa shape index (κ3) is 2.76. The molecule has 0 fully saturated rings. The number of allylic oxidation sites excluding steroid dienone is 1. The van der Waals surface area contributed by atoms with Gasteiger partial charge in [-0.25, -0.2) is 0 Å². The Kier molecular flexibility index (Phi) is 3.85. The highest BCUT2D eigenvalue weighted by molar-refractivity contribution is 9.10. The highest BCUT2D eigenvalue weighted by Crippen LogP contribution is 2.33. The number of ketones is 1. The first-order valence-electron chi connectivity index (χ1n) is 5.69. The van der Waals surface area contributed by atoms with Crippen LogP contribution in [-0.2, 0) is 4.79 Å². The molecule has 0 unspecified atom stereocenters. The summed E-state index contributed by atoms with van der Waals surface area (Å²) in [4.78, 5) is 23.2. The van der Waals surface area contributed by atoms with Crippen molar-refractivity contribution in [3.05, 3.63) is 40.6 Å². The Balaban J connectivity index is 2.60. The van der Waals surface area contributed by atoms with Gasteiger partial charge in [0.2, 0.25) is 5.91 Å². The van der Waals surface area contributed by atoms with E-state index in [4.69, 9.17) is 4.42 Å². The molecule has 4 nitrogen and oxygen atoms in total. The van der Waals surface area contributed by atoms with Crippen LogP contribution in [0.1, 0.15) is 24.4 Å². The van der Waals surface area contributed by atoms with Crippen LogP contribution < -0.4 is 5.32 Å². The van der Waals surface area contributed by atoms with Gasteiger partial charge in [0.05, 0.1) is 5.69 Å². The predicted octanol–water partition coefficient (Wildman–Crippen LogP) is 3.91. The smallest absolute Gasteiger partial charge is 0.248 e. The Morgan fingerprint density at radius 2 is 2.11 bits per heavy atom. The quantitative estimate of drug-likeness (QED) is 0.688. The highest BCUT2D eigenvalue weighted by Gasteiger charge is 2.19. The fourth-order valence-corrected chi connectivity index (χ4v) is 2.12. The number of hydrogen-bond donors (Lipinski definition) is 1. The van der Waals surface area contributed by atoms with Crippen molar-refractivity contribution >= 4 is 44.3 Å². The van der Waals surface area contributed by atoms with Gasteiger partial charge in [0, 0.05) is 16.8 Å². The van der Waals surface area contributed by atoms with E-state index in [9.17, 15) is 9.59 Å². The Bertz CT molecular complexity index is 685. The van der Waals surface area contributed by atoms with Crippen LogP contribution in [0.3, 0.4) is 0 Å². The van der Waals surface area contributed by atoms with Crippen LogP contribution in [0, 0.1) is 0 Å². The van der Waals surface area contributed by atoms with Crippen molar-refractivity contribution < 1.29 is 14.0 Å². The summed E-state index contributed by atoms with van der Waals surface area (Å²) in [5, 5.41) is 3.37. The predicted molar refractivity (Wildman–Crippen MR) is 77.4 cm³/mol. The fraction of sp³-hybridized carbons (Fsp3) is 0.143. The zero-order valence-electron chi connectivity index (χ0n) is 10.5. The summed E-state index contributed by atoms with van der Waals surface area (Å²) in [6.07, 6.45) is 3.02. The Hall–Kier alpha value is -1.88. The molecule has 1 heterocycles. The van der Waals surface area contributed by atoms with E-state index >= 15 is 0 Å². The number of hydrogen-bond acceptors (Lipinski definition) is 3. The van der Waals surface area contributed by atoms with Crippen LogP contribution >= 0.6 is 15.9 Å². The average molecular weight is 322 g/mol. The van der Waals surface area contributed by atoms with E-state index in [2.05, 4.69) is 21.2 Å². The van der Waals surface area contributed by atoms with Crippen molar-refractivity contribution in [2.75, 3.05) is 5.32 Å². The van der Waals surface area contributed by atoms with E-state index in [0.717, 1.165) is 4.47 Å². The van der Waals surface area contributed by atoms with E-state index in [1.165, 1.54) is 13.0 Å². The van der Waals surface area contributed by atoms with E-state index in [1.807, 2.05) is 6.07 Å². The second-order valence-electron chi connectivity index (χ2n) is 3.99. The van der Waals surface area contributed by atoms with Crippen molar-refractivity contribution in [3.8, 4) is 0 Å². The monoisotopic (exact) mass is 321 g/mol. The van der Waals surface area contributed by atoms with Crippen LogP contribution in [0.2, 0.25) is 0 Å². The summed E-state index contributed by atoms with van der Waals surface area (Å²) in [5.74, 6) is -0.373. The number of halogens is 1. The summed E-state index contributed by atoms with van der Waals surface area (Å²) in [6, 6.07) is 5.36. The Labute approximate surface area is 118 Å². The molecule has 1 N–H and O–H groups in total. The zero-order valence-corrected chi connectivity index (χ0v) is 12.1. The molecule has 0 radical (unpaired) electrons. The van der Waals surface area contributed by atoms with Crippen LogP contribution in [0.15, 0.2) is 39.2 Å². The molecule has 19 heavy (non-hydrogen) atoms. The van der Waals surface area contributed by atoms with Gasteiger partial charge in [-0.05, 0) is 31.2 Å². The molecule has 1 aromatic heterocycles. The van der Waals surface area contributed by atoms with Crippen LogP contribution in [0.5, 0.6) is 0 Å². The summed E-state index contributed by atoms with van der Waals surface area (Å²) < 4.78 is 6.33. The molecule has 0 aliphatic heterocycles. The maximum atomic E-state index is 11.7. The van der Waals surface area contributed by atoms with Gasteiger partial charge in [-0.15, -0.1) is 0 Å². The molecule has 5 heteroatoms. The molecule has 0 saturated carbocycles. The van der Waals surface area contributed by atoms with Crippen LogP contribution in [-0.4, -0.2) is 11.7 Å². The first-order chi connectivity index (χ1) is 9.02. The summed E-state index contributed by atoms with van der Waals surface area (Å²) >= 11 is 3.36. The Morgan fingerprint density at radius 1 is 1.37 bits per heavy atom. The molecule has 2 rings (SSSR count). The minimum atomic E-state index is -0.298. The van der Waals surface area contributed by atoms with Gasteiger partial charge >= 0.3 is 0 Å². The lowest BCUT2D eigenvalue weighted by Crippen LogP contribution is -2.09. The molecule has 1 amide bonds. The van der Waals surface area contributed by atoms with Crippen molar-refractivity contribution in [2.45, 2.75) is 13.8 Å². The van der Waals surface area contributed by atoms with Gasteiger partial charge in [-0.2, -0.15) is 0 Å². The van der Waals surface area contributed by atoms with Gasteiger partial charge in [0.1, 0.15) is 5.58 Å². The van der Waals surface area contributed by atoms with Crippen LogP contribution in [0.25, 0.3) is 11.0 Å². The normalized spacial score (nSPS) is 11.1. The van der Waals surface area contributed by atoms with Gasteiger partial charge in [-0.3, -0.25) is 9.59 Å². The van der Waals surface area contributed by atoms with Gasteiger partial charge in [0.25, 0.3) is 0 Å². The number of rotatable bonds is 3. The topological polar surface area (TPSA) is 59.3 Å². The number of carbonyl (C=O) groups excluding carboxylic acids is 2. The number of Topliss-reactive ketones (excluding diaryl/α,β-unsaturated/α-hetero) is 1. The number of benzene rings is 1. The zero-order chi connectivity index (χ0) is 14.0. The largest absolute Gasteiger partial charge is 0.451 e. The summed E-state index contributed by atoms with van der Waals surface area (Å²) in [7, 11) is 0. The lowest BCUT2D eigenvalue weighted by molar-refractivity contribution is -0.111. The van der Waals surface area contributed by atoms with Gasteiger partial charge in [0.15, 0.2) is 11.5 Å². The molecule has 0 aliphatic rings. The lowest BCUT2D eigenvalue weighted by Gasteiger charge is -2.01. The lowest BCUT2D eigenvalue weighted by atomic mass is 10.2. The maximum absolute atomic E-state index is 11.7. The van der Waals surface area contributed by atoms with E-state index in [-0.39, 0.29) is 17.5 Å². The second-order valence-corrected chi connectivity index (χ2v) is 4.91. The molecule has 1 aromatic carbocycles. The molecule has 0 saturated heterocycles. The molecular formula is C14H12BrNO3. The summed E-state index contributed by atoms with van der Waals surface area (Å²) in [5.41, 5.74) is 0.969. The van der Waals surface area contributed by atoms with E-state index in [0.29, 0.717) is 16.7 Å². The molecule has 0 aliphatic carbocycles. The van der Waals surface area contributed by atoms with Crippen molar-refractivity contribution in [1.82, 2.24) is 0 Å². The number of fused-ring (bicyclic) bond motifs is 1. The van der Waals surface area contributed by atoms with Gasteiger partial charge in [-0.1, -0.05) is 22.0 Å². The second kappa shape index (κ2) is 5.40. The molecular weight excluding hydrogens is 310 g/mol. The standard InChI is InChI=1S/C14H12BrNO3/c1-3-4-12(18)16-13-10-7-9(15)5-6-11(10)19-14(13)8(2)17/h3-7H,1-2H3,(H,16,18)/b4-3+. The first kappa shape index (κ1) is 13.5. The number of carbonyl (C=O) groups is 2. The van der Waals surface area contributed by atoms with Crippen molar-refractivity contribution in [1.29, 1.82) is 0 Å². The maximum Gasteiger partial charge on any atom is 0.248 e. The van der Waals surface area contributed by atoms with E-state index < -0.39 is 0 Å². The molecule has 98 valence electrons. The number of furan rings is 1. The number of anilines is 1. The fourth-order valence-electron chi connectivity index (χ4n) is 1.76. The number of nitrogens with one attached hydrogen (secondary N) is 1. The SMILES string of the molecule is C/C=C/C(=O)Nc1c(C(C)=O)oc2ccc(Br)cc12. The minimum Gasteiger partial charge on any atom is -0.451 e. The number of amides is 1. The summed E-state index contributed by atoms with van der Waals surface area (Å²) in [6.45, 7) is 3.15. The first-order valence-corrected chi connectivity index (χ1v) is 6.49. The molecule has 2 aromatic rings. The van der Waals surface area contributed by atoms with Gasteiger partial charge < -0.3 is 9.73 Å². The third-order valence-corrected chi connectivity index (χ3v) is 3.03. The van der Waals surface area contributed by atoms with E-state index in [1.54, 1.807) is 25.1 Å². The Morgan fingerprint density at radius 3 is 2.74 bits per heavy atom. The minimum absolute atomic E-state index is 0.158. The van der Waals surface area contributed by atoms with Crippen molar-refractivity contribution in [3.63, 3.8) is 0 Å². The van der Waals surface area contributed by atoms with Crippen LogP contribution in [0.4, 0.5) is 5.69 Å². The molecule has 0 spiro atoms. The molecule has 0 atom stereocenters. The average Bonchev–Trinajstić information content (AvgIpc) is 2.68. The molecule has 0 bridgehead atoms. The van der Waals surface area contributed by atoms with Crippen molar-refractivity contribution in [2.24, 2.45) is 0 Å².